The zero-order valence-electron chi connectivity index (χ0n) is 15.7. The van der Waals surface area contributed by atoms with Crippen molar-refractivity contribution in [3.63, 3.8) is 0 Å². The molecule has 5 nitrogen and oxygen atoms in total. The van der Waals surface area contributed by atoms with Crippen molar-refractivity contribution in [2.45, 2.75) is 44.7 Å². The first-order chi connectivity index (χ1) is 12.1. The van der Waals surface area contributed by atoms with Gasteiger partial charge in [-0.05, 0) is 68.7 Å². The first kappa shape index (κ1) is 20.0. The van der Waals surface area contributed by atoms with Gasteiger partial charge in [-0.3, -0.25) is 4.79 Å². The minimum absolute atomic E-state index is 0.233. The van der Waals surface area contributed by atoms with Gasteiger partial charge in [0.1, 0.15) is 5.75 Å². The van der Waals surface area contributed by atoms with E-state index in [0.717, 1.165) is 11.1 Å². The lowest BCUT2D eigenvalue weighted by Crippen LogP contribution is -2.37. The van der Waals surface area contributed by atoms with Gasteiger partial charge < -0.3 is 10.1 Å². The van der Waals surface area contributed by atoms with Crippen LogP contribution in [0.3, 0.4) is 0 Å². The maximum Gasteiger partial charge on any atom is 0.261 e. The molecule has 0 spiro atoms. The van der Waals surface area contributed by atoms with E-state index < -0.39 is 15.9 Å². The van der Waals surface area contributed by atoms with Crippen LogP contribution in [0.15, 0.2) is 47.4 Å². The predicted molar refractivity (Wildman–Crippen MR) is 102 cm³/mol. The van der Waals surface area contributed by atoms with Gasteiger partial charge in [-0.1, -0.05) is 18.2 Å². The number of sulfone groups is 1. The monoisotopic (exact) mass is 375 g/mol. The lowest BCUT2D eigenvalue weighted by atomic mass is 10.1. The van der Waals surface area contributed by atoms with Crippen LogP contribution in [0.5, 0.6) is 5.75 Å². The van der Waals surface area contributed by atoms with Crippen LogP contribution < -0.4 is 10.1 Å². The molecule has 0 radical (unpaired) electrons. The Morgan fingerprint density at radius 3 is 2.15 bits per heavy atom. The molecule has 0 aromatic heterocycles. The van der Waals surface area contributed by atoms with E-state index in [1.807, 2.05) is 39.0 Å². The molecule has 0 bridgehead atoms. The molecular weight excluding hydrogens is 350 g/mol. The number of rotatable bonds is 6. The topological polar surface area (TPSA) is 72.5 Å². The van der Waals surface area contributed by atoms with Crippen LogP contribution in [0.2, 0.25) is 0 Å². The molecule has 140 valence electrons. The largest absolute Gasteiger partial charge is 0.481 e. The molecule has 2 rings (SSSR count). The molecule has 1 amide bonds. The van der Waals surface area contributed by atoms with Crippen molar-refractivity contribution in [1.82, 2.24) is 5.32 Å². The zero-order chi connectivity index (χ0) is 19.5. The molecule has 2 atom stereocenters. The number of aryl methyl sites for hydroxylation is 2. The van der Waals surface area contributed by atoms with Gasteiger partial charge in [0.05, 0.1) is 10.9 Å². The number of benzene rings is 2. The second kappa shape index (κ2) is 7.91. The van der Waals surface area contributed by atoms with Gasteiger partial charge in [0.2, 0.25) is 0 Å². The summed E-state index contributed by atoms with van der Waals surface area (Å²) in [5, 5.41) is 2.89. The summed E-state index contributed by atoms with van der Waals surface area (Å²) in [6.45, 7) is 7.56. The van der Waals surface area contributed by atoms with Crippen molar-refractivity contribution < 1.29 is 17.9 Å². The van der Waals surface area contributed by atoms with E-state index in [1.165, 1.54) is 11.8 Å². The third-order valence-electron chi connectivity index (χ3n) is 4.33. The van der Waals surface area contributed by atoms with E-state index in [0.29, 0.717) is 5.75 Å². The molecule has 0 aliphatic heterocycles. The number of carbonyl (C=O) groups excluding carboxylic acids is 1. The minimum atomic E-state index is -3.23. The summed E-state index contributed by atoms with van der Waals surface area (Å²) in [5.41, 5.74) is 3.10. The normalized spacial score (nSPS) is 13.7. The van der Waals surface area contributed by atoms with Crippen LogP contribution in [0.4, 0.5) is 0 Å². The van der Waals surface area contributed by atoms with Gasteiger partial charge in [0.25, 0.3) is 5.91 Å². The van der Waals surface area contributed by atoms with E-state index >= 15 is 0 Å². The molecule has 0 fully saturated rings. The predicted octanol–water partition coefficient (Wildman–Crippen LogP) is 3.35. The quantitative estimate of drug-likeness (QED) is 0.840. The summed E-state index contributed by atoms with van der Waals surface area (Å²) in [7, 11) is -3.23. The molecule has 0 unspecified atom stereocenters. The standard InChI is InChI=1S/C20H25NO4S/c1-13-6-9-18(12-14(13)2)25-16(4)20(22)21-15(3)17-7-10-19(11-8-17)26(5,23)24/h6-12,15-16H,1-5H3,(H,21,22)/t15-,16+/m1/s1. The highest BCUT2D eigenvalue weighted by Gasteiger charge is 2.18. The van der Waals surface area contributed by atoms with E-state index in [9.17, 15) is 13.2 Å². The van der Waals surface area contributed by atoms with Gasteiger partial charge in [-0.25, -0.2) is 8.42 Å². The Morgan fingerprint density at radius 1 is 1.00 bits per heavy atom. The van der Waals surface area contributed by atoms with Gasteiger partial charge in [-0.15, -0.1) is 0 Å². The minimum Gasteiger partial charge on any atom is -0.481 e. The lowest BCUT2D eigenvalue weighted by molar-refractivity contribution is -0.127. The summed E-state index contributed by atoms with van der Waals surface area (Å²) >= 11 is 0. The highest BCUT2D eigenvalue weighted by molar-refractivity contribution is 7.90. The second-order valence-electron chi connectivity index (χ2n) is 6.58. The van der Waals surface area contributed by atoms with Crippen LogP contribution in [0.25, 0.3) is 0 Å². The number of hydrogen-bond acceptors (Lipinski definition) is 4. The molecule has 6 heteroatoms. The first-order valence-electron chi connectivity index (χ1n) is 8.42. The maximum atomic E-state index is 12.4. The summed E-state index contributed by atoms with van der Waals surface area (Å²) in [6, 6.07) is 12.0. The van der Waals surface area contributed by atoms with E-state index in [4.69, 9.17) is 4.74 Å². The Kier molecular flexibility index (Phi) is 6.08. The van der Waals surface area contributed by atoms with Gasteiger partial charge in [-0.2, -0.15) is 0 Å². The van der Waals surface area contributed by atoms with Crippen LogP contribution in [-0.4, -0.2) is 26.7 Å². The van der Waals surface area contributed by atoms with Crippen molar-refractivity contribution >= 4 is 15.7 Å². The lowest BCUT2D eigenvalue weighted by Gasteiger charge is -2.19. The van der Waals surface area contributed by atoms with Crippen molar-refractivity contribution in [1.29, 1.82) is 0 Å². The SMILES string of the molecule is Cc1ccc(O[C@@H](C)C(=O)N[C@H](C)c2ccc(S(C)(=O)=O)cc2)cc1C. The number of hydrogen-bond donors (Lipinski definition) is 1. The third-order valence-corrected chi connectivity index (χ3v) is 5.46. The Labute approximate surface area is 155 Å². The fourth-order valence-corrected chi connectivity index (χ4v) is 3.09. The average Bonchev–Trinajstić information content (AvgIpc) is 2.57. The van der Waals surface area contributed by atoms with Gasteiger partial charge in [0, 0.05) is 6.26 Å². The molecule has 2 aromatic carbocycles. The highest BCUT2D eigenvalue weighted by atomic mass is 32.2. The fraction of sp³-hybridized carbons (Fsp3) is 0.350. The van der Waals surface area contributed by atoms with Crippen LogP contribution in [-0.2, 0) is 14.6 Å². The maximum absolute atomic E-state index is 12.4. The smallest absolute Gasteiger partial charge is 0.261 e. The summed E-state index contributed by atoms with van der Waals surface area (Å²) in [4.78, 5) is 12.6. The molecule has 0 aliphatic carbocycles. The molecular formula is C20H25NO4S. The van der Waals surface area contributed by atoms with E-state index in [2.05, 4.69) is 5.32 Å². The number of carbonyl (C=O) groups is 1. The Bertz CT molecular complexity index is 889. The summed E-state index contributed by atoms with van der Waals surface area (Å²) in [5.74, 6) is 0.420. The first-order valence-corrected chi connectivity index (χ1v) is 10.3. The number of amides is 1. The second-order valence-corrected chi connectivity index (χ2v) is 8.59. The third kappa shape index (κ3) is 5.08. The zero-order valence-corrected chi connectivity index (χ0v) is 16.6. The van der Waals surface area contributed by atoms with Crippen molar-refractivity contribution in [2.75, 3.05) is 6.26 Å². The van der Waals surface area contributed by atoms with E-state index in [1.54, 1.807) is 31.2 Å². The van der Waals surface area contributed by atoms with Crippen molar-refractivity contribution in [3.05, 3.63) is 59.2 Å². The van der Waals surface area contributed by atoms with E-state index in [-0.39, 0.29) is 16.8 Å². The Hall–Kier alpha value is -2.34. The Balaban J connectivity index is 2.00. The average molecular weight is 375 g/mol. The van der Waals surface area contributed by atoms with Crippen molar-refractivity contribution in [2.24, 2.45) is 0 Å². The van der Waals surface area contributed by atoms with Crippen molar-refractivity contribution in [3.8, 4) is 5.75 Å². The number of nitrogens with one attached hydrogen (secondary N) is 1. The van der Waals surface area contributed by atoms with Crippen LogP contribution in [0, 0.1) is 13.8 Å². The number of ether oxygens (including phenoxy) is 1. The molecule has 1 N–H and O–H groups in total. The molecule has 2 aromatic rings. The highest BCUT2D eigenvalue weighted by Crippen LogP contribution is 2.19. The molecule has 0 aliphatic rings. The molecule has 26 heavy (non-hydrogen) atoms. The fourth-order valence-electron chi connectivity index (χ4n) is 2.46. The summed E-state index contributed by atoms with van der Waals surface area (Å²) < 4.78 is 28.7. The Morgan fingerprint density at radius 2 is 1.62 bits per heavy atom. The van der Waals surface area contributed by atoms with Crippen LogP contribution in [0.1, 0.15) is 36.6 Å². The summed E-state index contributed by atoms with van der Waals surface area (Å²) in [6.07, 6.45) is 0.522. The molecule has 0 saturated heterocycles. The molecule has 0 heterocycles. The van der Waals surface area contributed by atoms with Gasteiger partial charge in [0.15, 0.2) is 15.9 Å². The van der Waals surface area contributed by atoms with Gasteiger partial charge >= 0.3 is 0 Å². The molecule has 0 saturated carbocycles. The van der Waals surface area contributed by atoms with Crippen LogP contribution >= 0.6 is 0 Å².